The van der Waals surface area contributed by atoms with Gasteiger partial charge in [-0.1, -0.05) is 18.2 Å². The van der Waals surface area contributed by atoms with Crippen molar-refractivity contribution < 1.29 is 4.39 Å². The van der Waals surface area contributed by atoms with Crippen molar-refractivity contribution in [1.29, 1.82) is 0 Å². The molecule has 4 heteroatoms. The van der Waals surface area contributed by atoms with Gasteiger partial charge in [0.25, 0.3) is 0 Å². The van der Waals surface area contributed by atoms with Crippen LogP contribution in [0.15, 0.2) is 41.3 Å². The molecule has 0 fully saturated rings. The number of aromatic nitrogens is 2. The Balaban J connectivity index is 2.26. The fraction of sp³-hybridized carbons (Fsp3) is 0.0909. The van der Waals surface area contributed by atoms with Gasteiger partial charge in [-0.2, -0.15) is 0 Å². The molecule has 0 radical (unpaired) electrons. The minimum atomic E-state index is -0.202. The van der Waals surface area contributed by atoms with E-state index in [-0.39, 0.29) is 5.82 Å². The van der Waals surface area contributed by atoms with Crippen LogP contribution in [0.25, 0.3) is 0 Å². The van der Waals surface area contributed by atoms with Gasteiger partial charge in [-0.05, 0) is 33.6 Å². The molecular weight excluding hydrogens is 259 g/mol. The third-order valence-corrected chi connectivity index (χ3v) is 2.40. The van der Waals surface area contributed by atoms with Crippen LogP contribution in [0.3, 0.4) is 0 Å². The molecule has 2 aromatic rings. The van der Waals surface area contributed by atoms with Crippen LogP contribution in [-0.2, 0) is 6.42 Å². The second-order valence-corrected chi connectivity index (χ2v) is 3.79. The largest absolute Gasteiger partial charge is 0.231 e. The van der Waals surface area contributed by atoms with Gasteiger partial charge in [0.1, 0.15) is 5.82 Å². The molecule has 0 unspecified atom stereocenters. The Labute approximate surface area is 95.3 Å². The van der Waals surface area contributed by atoms with E-state index >= 15 is 0 Å². The summed E-state index contributed by atoms with van der Waals surface area (Å²) in [5, 5.41) is 0. The lowest BCUT2D eigenvalue weighted by Gasteiger charge is -2.02. The Bertz CT molecular complexity index is 474. The first-order valence-corrected chi connectivity index (χ1v) is 5.26. The summed E-state index contributed by atoms with van der Waals surface area (Å²) in [6.45, 7) is 0. The van der Waals surface area contributed by atoms with Gasteiger partial charge >= 0.3 is 0 Å². The summed E-state index contributed by atoms with van der Waals surface area (Å²) in [6.07, 6.45) is 2.13. The number of halogens is 2. The highest BCUT2D eigenvalue weighted by Crippen LogP contribution is 2.12. The normalized spacial score (nSPS) is 10.3. The summed E-state index contributed by atoms with van der Waals surface area (Å²) in [5.41, 5.74) is 1.44. The van der Waals surface area contributed by atoms with Crippen molar-refractivity contribution in [1.82, 2.24) is 9.97 Å². The number of nitrogens with zero attached hydrogens (tertiary/aromatic N) is 2. The minimum absolute atomic E-state index is 0.202. The maximum absolute atomic E-state index is 13.3. The molecular formula is C11H8BrFN2. The molecule has 0 N–H and O–H groups in total. The molecule has 0 saturated heterocycles. The van der Waals surface area contributed by atoms with E-state index in [4.69, 9.17) is 0 Å². The number of benzene rings is 1. The van der Waals surface area contributed by atoms with Gasteiger partial charge in [0.2, 0.25) is 0 Å². The predicted molar refractivity (Wildman–Crippen MR) is 58.9 cm³/mol. The zero-order valence-electron chi connectivity index (χ0n) is 7.82. The van der Waals surface area contributed by atoms with E-state index in [2.05, 4.69) is 25.9 Å². The zero-order valence-corrected chi connectivity index (χ0v) is 9.41. The summed E-state index contributed by atoms with van der Waals surface area (Å²) in [7, 11) is 0. The first-order chi connectivity index (χ1) is 7.25. The van der Waals surface area contributed by atoms with Gasteiger partial charge in [-0.25, -0.2) is 14.4 Å². The second kappa shape index (κ2) is 4.49. The third-order valence-electron chi connectivity index (χ3n) is 2.01. The lowest BCUT2D eigenvalue weighted by Crippen LogP contribution is -1.96. The molecule has 15 heavy (non-hydrogen) atoms. The van der Waals surface area contributed by atoms with Crippen molar-refractivity contribution in [2.45, 2.75) is 6.42 Å². The monoisotopic (exact) mass is 266 g/mol. The van der Waals surface area contributed by atoms with E-state index in [0.29, 0.717) is 16.7 Å². The molecule has 0 spiro atoms. The van der Waals surface area contributed by atoms with Crippen molar-refractivity contribution in [3.8, 4) is 0 Å². The average molecular weight is 267 g/mol. The average Bonchev–Trinajstić information content (AvgIpc) is 2.22. The van der Waals surface area contributed by atoms with E-state index < -0.39 is 0 Å². The van der Waals surface area contributed by atoms with E-state index in [1.807, 2.05) is 6.07 Å². The number of rotatable bonds is 2. The predicted octanol–water partition coefficient (Wildman–Crippen LogP) is 2.97. The van der Waals surface area contributed by atoms with Gasteiger partial charge in [0.05, 0.1) is 0 Å². The summed E-state index contributed by atoms with van der Waals surface area (Å²) < 4.78 is 13.8. The maximum atomic E-state index is 13.3. The highest BCUT2D eigenvalue weighted by atomic mass is 79.9. The third kappa shape index (κ3) is 2.59. The summed E-state index contributed by atoms with van der Waals surface area (Å²) in [5.74, 6) is -0.202. The van der Waals surface area contributed by atoms with Crippen molar-refractivity contribution in [3.63, 3.8) is 0 Å². The molecule has 76 valence electrons. The van der Waals surface area contributed by atoms with Crippen molar-refractivity contribution in [2.24, 2.45) is 0 Å². The van der Waals surface area contributed by atoms with Crippen LogP contribution in [-0.4, -0.2) is 9.97 Å². The lowest BCUT2D eigenvalue weighted by atomic mass is 10.1. The zero-order chi connectivity index (χ0) is 10.7. The first kappa shape index (κ1) is 10.2. The number of hydrogen-bond donors (Lipinski definition) is 0. The molecule has 0 atom stereocenters. The topological polar surface area (TPSA) is 25.8 Å². The van der Waals surface area contributed by atoms with E-state index in [1.165, 1.54) is 6.07 Å². The molecule has 0 aliphatic rings. The molecule has 1 aromatic carbocycles. The van der Waals surface area contributed by atoms with Crippen molar-refractivity contribution >= 4 is 15.9 Å². The van der Waals surface area contributed by atoms with Crippen molar-refractivity contribution in [2.75, 3.05) is 0 Å². The van der Waals surface area contributed by atoms with Gasteiger partial charge in [-0.3, -0.25) is 0 Å². The maximum Gasteiger partial charge on any atom is 0.196 e. The molecule has 0 saturated carbocycles. The van der Waals surface area contributed by atoms with Crippen LogP contribution in [0.5, 0.6) is 0 Å². The highest BCUT2D eigenvalue weighted by Gasteiger charge is 2.03. The Morgan fingerprint density at radius 2 is 2.00 bits per heavy atom. The number of hydrogen-bond acceptors (Lipinski definition) is 2. The standard InChI is InChI=1S/C11H8BrFN2/c12-11-14-6-5-9(15-11)7-8-3-1-2-4-10(8)13/h1-6H,7H2. The smallest absolute Gasteiger partial charge is 0.196 e. The van der Waals surface area contributed by atoms with Crippen LogP contribution in [0.1, 0.15) is 11.3 Å². The minimum Gasteiger partial charge on any atom is -0.231 e. The van der Waals surface area contributed by atoms with Gasteiger partial charge in [0, 0.05) is 18.3 Å². The Hall–Kier alpha value is -1.29. The summed E-state index contributed by atoms with van der Waals surface area (Å²) in [4.78, 5) is 8.06. The molecule has 0 bridgehead atoms. The van der Waals surface area contributed by atoms with Crippen LogP contribution in [0.4, 0.5) is 4.39 Å². The summed E-state index contributed by atoms with van der Waals surface area (Å²) in [6, 6.07) is 8.47. The SMILES string of the molecule is Fc1ccccc1Cc1ccnc(Br)n1. The molecule has 0 amide bonds. The van der Waals surface area contributed by atoms with Crippen LogP contribution < -0.4 is 0 Å². The molecule has 2 nitrogen and oxygen atoms in total. The first-order valence-electron chi connectivity index (χ1n) is 4.46. The van der Waals surface area contributed by atoms with Crippen LogP contribution in [0.2, 0.25) is 0 Å². The molecule has 1 heterocycles. The molecule has 1 aromatic heterocycles. The van der Waals surface area contributed by atoms with E-state index in [1.54, 1.807) is 24.4 Å². The highest BCUT2D eigenvalue weighted by molar-refractivity contribution is 9.10. The molecule has 0 aliphatic heterocycles. The lowest BCUT2D eigenvalue weighted by molar-refractivity contribution is 0.613. The Morgan fingerprint density at radius 1 is 1.20 bits per heavy atom. The second-order valence-electron chi connectivity index (χ2n) is 3.09. The van der Waals surface area contributed by atoms with Gasteiger partial charge in [-0.15, -0.1) is 0 Å². The quantitative estimate of drug-likeness (QED) is 0.782. The Kier molecular flexibility index (Phi) is 3.06. The Morgan fingerprint density at radius 3 is 2.73 bits per heavy atom. The summed E-state index contributed by atoms with van der Waals surface area (Å²) >= 11 is 3.18. The van der Waals surface area contributed by atoms with Gasteiger partial charge < -0.3 is 0 Å². The fourth-order valence-electron chi connectivity index (χ4n) is 1.30. The molecule has 2 rings (SSSR count). The van der Waals surface area contributed by atoms with Crippen LogP contribution >= 0.6 is 15.9 Å². The van der Waals surface area contributed by atoms with E-state index in [9.17, 15) is 4.39 Å². The van der Waals surface area contributed by atoms with Crippen LogP contribution in [0, 0.1) is 5.82 Å². The van der Waals surface area contributed by atoms with Crippen molar-refractivity contribution in [3.05, 3.63) is 58.3 Å². The molecule has 0 aliphatic carbocycles. The fourth-order valence-corrected chi connectivity index (χ4v) is 1.65. The van der Waals surface area contributed by atoms with Gasteiger partial charge in [0.15, 0.2) is 4.73 Å². The van der Waals surface area contributed by atoms with E-state index in [0.717, 1.165) is 5.69 Å².